The number of nitrogen functional groups attached to an aromatic ring is 1. The number of rotatable bonds is 8. The van der Waals surface area contributed by atoms with Crippen molar-refractivity contribution in [1.29, 1.82) is 0 Å². The molecule has 0 unspecified atom stereocenters. The molecule has 0 saturated carbocycles. The third kappa shape index (κ3) is 6.55. The highest BCUT2D eigenvalue weighted by Crippen LogP contribution is 2.42. The van der Waals surface area contributed by atoms with E-state index in [9.17, 15) is 4.79 Å². The molecule has 33 heavy (non-hydrogen) atoms. The molecule has 0 aromatic carbocycles. The quantitative estimate of drug-likeness (QED) is 0.517. The van der Waals surface area contributed by atoms with Gasteiger partial charge in [0, 0.05) is 24.7 Å². The van der Waals surface area contributed by atoms with Crippen molar-refractivity contribution in [3.8, 4) is 0 Å². The van der Waals surface area contributed by atoms with Gasteiger partial charge in [-0.15, -0.1) is 0 Å². The van der Waals surface area contributed by atoms with Gasteiger partial charge in [-0.1, -0.05) is 41.5 Å². The van der Waals surface area contributed by atoms with Crippen LogP contribution in [-0.4, -0.2) is 52.0 Å². The van der Waals surface area contributed by atoms with Gasteiger partial charge in [0.15, 0.2) is 16.6 Å². The Balaban J connectivity index is 2.35. The van der Waals surface area contributed by atoms with Gasteiger partial charge >= 0.3 is 5.69 Å². The van der Waals surface area contributed by atoms with Crippen LogP contribution in [0.4, 0.5) is 5.82 Å². The fraction of sp³-hybridized carbons (Fsp3) is 0.826. The van der Waals surface area contributed by atoms with Gasteiger partial charge in [-0.25, -0.2) is 4.79 Å². The van der Waals surface area contributed by atoms with Gasteiger partial charge in [0.1, 0.15) is 18.1 Å². The summed E-state index contributed by atoms with van der Waals surface area (Å²) in [5.74, 6) is 0.246. The fourth-order valence-electron chi connectivity index (χ4n) is 3.26. The Morgan fingerprint density at radius 2 is 1.73 bits per heavy atom. The Morgan fingerprint density at radius 1 is 1.15 bits per heavy atom. The SMILES string of the molecule is CNCc1cn([C@H]2C[C@H](O[Si](C)(C)C(C)(C)C)[C@@H](CO[Si](C)(C)C(C)(C)C)O2)c(=O)nc1N. The minimum atomic E-state index is -2.06. The zero-order valence-electron chi connectivity index (χ0n) is 22.5. The lowest BCUT2D eigenvalue weighted by Gasteiger charge is -2.40. The van der Waals surface area contributed by atoms with Gasteiger partial charge in [0.25, 0.3) is 0 Å². The molecule has 3 N–H and O–H groups in total. The van der Waals surface area contributed by atoms with Crippen molar-refractivity contribution in [3.63, 3.8) is 0 Å². The van der Waals surface area contributed by atoms with Crippen LogP contribution in [0.3, 0.4) is 0 Å². The molecule has 1 aliphatic rings. The van der Waals surface area contributed by atoms with Crippen LogP contribution in [0, 0.1) is 0 Å². The van der Waals surface area contributed by atoms with Crippen LogP contribution in [0.2, 0.25) is 36.3 Å². The molecule has 1 aromatic heterocycles. The molecule has 190 valence electrons. The average Bonchev–Trinajstić information content (AvgIpc) is 3.02. The van der Waals surface area contributed by atoms with E-state index in [2.05, 4.69) is 78.0 Å². The number of anilines is 1. The third-order valence-corrected chi connectivity index (χ3v) is 16.6. The van der Waals surface area contributed by atoms with Gasteiger partial charge in [-0.2, -0.15) is 4.98 Å². The Morgan fingerprint density at radius 3 is 2.24 bits per heavy atom. The molecule has 2 heterocycles. The molecular weight excluding hydrogens is 452 g/mol. The highest BCUT2D eigenvalue weighted by atomic mass is 28.4. The molecule has 1 fully saturated rings. The Hall–Kier alpha value is -1.05. The molecule has 3 atom stereocenters. The van der Waals surface area contributed by atoms with E-state index in [0.29, 0.717) is 19.6 Å². The van der Waals surface area contributed by atoms with E-state index in [1.54, 1.807) is 10.8 Å². The van der Waals surface area contributed by atoms with Crippen molar-refractivity contribution in [2.24, 2.45) is 0 Å². The first-order valence-corrected chi connectivity index (χ1v) is 17.7. The summed E-state index contributed by atoms with van der Waals surface area (Å²) in [6.45, 7) is 23.3. The van der Waals surface area contributed by atoms with E-state index in [-0.39, 0.29) is 28.1 Å². The average molecular weight is 499 g/mol. The van der Waals surface area contributed by atoms with Crippen molar-refractivity contribution >= 4 is 22.5 Å². The number of hydrogen-bond donors (Lipinski definition) is 2. The van der Waals surface area contributed by atoms with Crippen LogP contribution in [0.15, 0.2) is 11.0 Å². The van der Waals surface area contributed by atoms with Crippen LogP contribution in [0.25, 0.3) is 0 Å². The summed E-state index contributed by atoms with van der Waals surface area (Å²) < 4.78 is 21.3. The molecule has 0 radical (unpaired) electrons. The van der Waals surface area contributed by atoms with Crippen molar-refractivity contribution in [1.82, 2.24) is 14.9 Å². The zero-order valence-corrected chi connectivity index (χ0v) is 24.5. The van der Waals surface area contributed by atoms with Gasteiger partial charge in [-0.3, -0.25) is 4.57 Å². The van der Waals surface area contributed by atoms with Gasteiger partial charge in [0.05, 0.1) is 12.7 Å². The van der Waals surface area contributed by atoms with Crippen molar-refractivity contribution in [3.05, 3.63) is 22.2 Å². The second-order valence-corrected chi connectivity index (χ2v) is 21.8. The normalized spacial score (nSPS) is 22.7. The van der Waals surface area contributed by atoms with E-state index in [1.807, 2.05) is 7.05 Å². The number of nitrogens with one attached hydrogen (secondary N) is 1. The van der Waals surface area contributed by atoms with E-state index in [1.165, 1.54) is 0 Å². The van der Waals surface area contributed by atoms with Crippen molar-refractivity contribution in [2.75, 3.05) is 19.4 Å². The first kappa shape index (κ1) is 28.2. The minimum Gasteiger partial charge on any atom is -0.414 e. The summed E-state index contributed by atoms with van der Waals surface area (Å²) in [6, 6.07) is 0. The number of ether oxygens (including phenoxy) is 1. The fourth-order valence-corrected chi connectivity index (χ4v) is 5.63. The number of nitrogens with zero attached hydrogens (tertiary/aromatic N) is 2. The minimum absolute atomic E-state index is 0.0650. The molecule has 1 aliphatic heterocycles. The molecule has 0 amide bonds. The predicted molar refractivity (Wildman–Crippen MR) is 139 cm³/mol. The summed E-state index contributed by atoms with van der Waals surface area (Å²) >= 11 is 0. The third-order valence-electron chi connectivity index (χ3n) is 7.59. The molecular formula is C23H46N4O4Si2. The molecule has 1 aromatic rings. The Labute approximate surface area is 201 Å². The lowest BCUT2D eigenvalue weighted by molar-refractivity contribution is -0.0412. The second kappa shape index (κ2) is 9.90. The summed E-state index contributed by atoms with van der Waals surface area (Å²) in [4.78, 5) is 16.7. The highest BCUT2D eigenvalue weighted by molar-refractivity contribution is 6.74. The first-order chi connectivity index (χ1) is 14.9. The number of nitrogens with two attached hydrogens (primary N) is 1. The molecule has 10 heteroatoms. The van der Waals surface area contributed by atoms with Crippen LogP contribution in [0.5, 0.6) is 0 Å². The zero-order chi connectivity index (χ0) is 25.4. The molecule has 0 bridgehead atoms. The maximum Gasteiger partial charge on any atom is 0.351 e. The van der Waals surface area contributed by atoms with Crippen molar-refractivity contribution < 1.29 is 13.6 Å². The number of aromatic nitrogens is 2. The van der Waals surface area contributed by atoms with E-state index < -0.39 is 28.6 Å². The van der Waals surface area contributed by atoms with Crippen molar-refractivity contribution in [2.45, 2.75) is 109 Å². The summed E-state index contributed by atoms with van der Waals surface area (Å²) in [7, 11) is -2.19. The lowest BCUT2D eigenvalue weighted by Crippen LogP contribution is -2.48. The first-order valence-electron chi connectivity index (χ1n) is 11.9. The maximum absolute atomic E-state index is 12.7. The monoisotopic (exact) mass is 498 g/mol. The molecule has 8 nitrogen and oxygen atoms in total. The lowest BCUT2D eigenvalue weighted by atomic mass is 10.2. The van der Waals surface area contributed by atoms with Gasteiger partial charge in [0.2, 0.25) is 0 Å². The van der Waals surface area contributed by atoms with Gasteiger partial charge < -0.3 is 24.6 Å². The van der Waals surface area contributed by atoms with E-state index >= 15 is 0 Å². The standard InChI is InChI=1S/C23H46N4O4Si2/c1-22(2,3)32(8,9)29-15-18-17(31-33(10,11)23(4,5)6)12-19(30-18)27-14-16(13-25-7)20(24)26-21(27)28/h14,17-19,25H,12-13,15H2,1-11H3,(H2,24,26,28)/t17-,18+,19+/m0/s1. The van der Waals surface area contributed by atoms with E-state index in [0.717, 1.165) is 5.56 Å². The molecule has 0 aliphatic carbocycles. The molecule has 2 rings (SSSR count). The Bertz CT molecular complexity index is 875. The second-order valence-electron chi connectivity index (χ2n) is 12.2. The molecule has 1 saturated heterocycles. The Kier molecular flexibility index (Phi) is 8.46. The summed E-state index contributed by atoms with van der Waals surface area (Å²) in [5, 5.41) is 3.23. The summed E-state index contributed by atoms with van der Waals surface area (Å²) in [6.07, 6.45) is 1.45. The van der Waals surface area contributed by atoms with E-state index in [4.69, 9.17) is 19.3 Å². The summed E-state index contributed by atoms with van der Waals surface area (Å²) in [5.41, 5.74) is 6.32. The highest BCUT2D eigenvalue weighted by Gasteiger charge is 2.46. The van der Waals surface area contributed by atoms with Crippen LogP contribution in [0.1, 0.15) is 59.8 Å². The van der Waals surface area contributed by atoms with Crippen LogP contribution < -0.4 is 16.7 Å². The topological polar surface area (TPSA) is 101 Å². The smallest absolute Gasteiger partial charge is 0.351 e. The number of hydrogen-bond acceptors (Lipinski definition) is 7. The molecule has 0 spiro atoms. The van der Waals surface area contributed by atoms with Crippen LogP contribution >= 0.6 is 0 Å². The van der Waals surface area contributed by atoms with Gasteiger partial charge in [-0.05, 0) is 43.3 Å². The predicted octanol–water partition coefficient (Wildman–Crippen LogP) is 4.24. The maximum atomic E-state index is 12.7. The van der Waals surface area contributed by atoms with Crippen LogP contribution in [-0.2, 0) is 20.1 Å². The largest absolute Gasteiger partial charge is 0.414 e.